The summed E-state index contributed by atoms with van der Waals surface area (Å²) in [5.74, 6) is 0.499. The Morgan fingerprint density at radius 3 is 2.47 bits per heavy atom. The van der Waals surface area contributed by atoms with Crippen LogP contribution in [0, 0.1) is 11.3 Å². The van der Waals surface area contributed by atoms with E-state index >= 15 is 0 Å². The van der Waals surface area contributed by atoms with E-state index in [-0.39, 0.29) is 0 Å². The first-order valence-corrected chi connectivity index (χ1v) is 6.22. The molecule has 2 aromatic rings. The number of nitrogens with one attached hydrogen (secondary N) is 1. The zero-order valence-electron chi connectivity index (χ0n) is 8.48. The number of halogens is 2. The van der Waals surface area contributed by atoms with Gasteiger partial charge >= 0.3 is 0 Å². The van der Waals surface area contributed by atoms with Crippen LogP contribution in [0.5, 0.6) is 0 Å². The van der Waals surface area contributed by atoms with Crippen molar-refractivity contribution in [2.24, 2.45) is 0 Å². The van der Waals surface area contributed by atoms with Crippen LogP contribution in [0.25, 0.3) is 0 Å². The van der Waals surface area contributed by atoms with Gasteiger partial charge in [-0.3, -0.25) is 0 Å². The maximum Gasteiger partial charge on any atom is 0.227 e. The molecule has 0 bridgehead atoms. The molecule has 1 aromatic heterocycles. The van der Waals surface area contributed by atoms with Gasteiger partial charge in [0, 0.05) is 16.9 Å². The molecule has 0 atom stereocenters. The van der Waals surface area contributed by atoms with Crippen LogP contribution < -0.4 is 5.32 Å². The average molecular weight is 354 g/mol. The Morgan fingerprint density at radius 2 is 1.88 bits per heavy atom. The van der Waals surface area contributed by atoms with Crippen molar-refractivity contribution in [3.8, 4) is 6.07 Å². The van der Waals surface area contributed by atoms with Gasteiger partial charge < -0.3 is 5.32 Å². The van der Waals surface area contributed by atoms with Gasteiger partial charge in [-0.05, 0) is 50.1 Å². The van der Waals surface area contributed by atoms with E-state index in [2.05, 4.69) is 53.2 Å². The lowest BCUT2D eigenvalue weighted by atomic mass is 10.2. The number of nitriles is 1. The number of nitrogens with zero attached hydrogens (tertiary/aromatic N) is 3. The van der Waals surface area contributed by atoms with Crippen molar-refractivity contribution < 1.29 is 0 Å². The van der Waals surface area contributed by atoms with Crippen LogP contribution >= 0.6 is 31.9 Å². The SMILES string of the molecule is N#Cc1ccc(Nc2ncc(Br)cn2)c(Br)c1. The third kappa shape index (κ3) is 3.02. The lowest BCUT2D eigenvalue weighted by molar-refractivity contribution is 1.15. The van der Waals surface area contributed by atoms with Crippen molar-refractivity contribution in [3.05, 3.63) is 45.1 Å². The van der Waals surface area contributed by atoms with Gasteiger partial charge in [-0.15, -0.1) is 0 Å². The van der Waals surface area contributed by atoms with Crippen molar-refractivity contribution in [2.45, 2.75) is 0 Å². The standard InChI is InChI=1S/C11H6Br2N4/c12-8-5-15-11(16-6-8)17-10-2-1-7(4-14)3-9(10)13/h1-3,5-6H,(H,15,16,17). The Morgan fingerprint density at radius 1 is 1.18 bits per heavy atom. The molecule has 84 valence electrons. The number of hydrogen-bond acceptors (Lipinski definition) is 4. The minimum absolute atomic E-state index is 0.499. The summed E-state index contributed by atoms with van der Waals surface area (Å²) in [5, 5.41) is 11.8. The highest BCUT2D eigenvalue weighted by atomic mass is 79.9. The van der Waals surface area contributed by atoms with Crippen LogP contribution in [-0.2, 0) is 0 Å². The number of aromatic nitrogens is 2. The average Bonchev–Trinajstić information content (AvgIpc) is 2.34. The van der Waals surface area contributed by atoms with Gasteiger partial charge in [-0.1, -0.05) is 0 Å². The summed E-state index contributed by atoms with van der Waals surface area (Å²) < 4.78 is 1.62. The maximum absolute atomic E-state index is 8.75. The molecule has 17 heavy (non-hydrogen) atoms. The maximum atomic E-state index is 8.75. The van der Waals surface area contributed by atoms with Crippen LogP contribution in [0.2, 0.25) is 0 Å². The Balaban J connectivity index is 2.25. The topological polar surface area (TPSA) is 61.6 Å². The molecule has 0 spiro atoms. The molecule has 1 aromatic carbocycles. The molecule has 0 aliphatic rings. The van der Waals surface area contributed by atoms with Crippen molar-refractivity contribution in [3.63, 3.8) is 0 Å². The smallest absolute Gasteiger partial charge is 0.227 e. The third-order valence-electron chi connectivity index (χ3n) is 1.96. The van der Waals surface area contributed by atoms with Crippen LogP contribution in [0.1, 0.15) is 5.56 Å². The van der Waals surface area contributed by atoms with E-state index in [0.717, 1.165) is 14.6 Å². The minimum Gasteiger partial charge on any atom is -0.323 e. The molecule has 0 aliphatic heterocycles. The van der Waals surface area contributed by atoms with Crippen molar-refractivity contribution in [1.82, 2.24) is 9.97 Å². The fourth-order valence-electron chi connectivity index (χ4n) is 1.18. The molecule has 0 amide bonds. The Hall–Kier alpha value is -1.45. The number of rotatable bonds is 2. The zero-order chi connectivity index (χ0) is 12.3. The first kappa shape index (κ1) is 12.0. The number of anilines is 2. The van der Waals surface area contributed by atoms with Crippen LogP contribution in [-0.4, -0.2) is 9.97 Å². The second-order valence-electron chi connectivity index (χ2n) is 3.16. The third-order valence-corrected chi connectivity index (χ3v) is 3.03. The minimum atomic E-state index is 0.499. The summed E-state index contributed by atoms with van der Waals surface area (Å²) in [5.41, 5.74) is 1.41. The molecule has 0 saturated carbocycles. The van der Waals surface area contributed by atoms with Gasteiger partial charge in [0.2, 0.25) is 5.95 Å². The monoisotopic (exact) mass is 352 g/mol. The van der Waals surface area contributed by atoms with Gasteiger partial charge in [0.15, 0.2) is 0 Å². The molecule has 6 heteroatoms. The second-order valence-corrected chi connectivity index (χ2v) is 4.93. The molecule has 0 fully saturated rings. The quantitative estimate of drug-likeness (QED) is 0.895. The van der Waals surface area contributed by atoms with E-state index in [1.54, 1.807) is 30.6 Å². The van der Waals surface area contributed by atoms with Gasteiger partial charge in [0.25, 0.3) is 0 Å². The van der Waals surface area contributed by atoms with Gasteiger partial charge in [0.1, 0.15) is 0 Å². The fraction of sp³-hybridized carbons (Fsp3) is 0. The molecular weight excluding hydrogens is 348 g/mol. The fourth-order valence-corrected chi connectivity index (χ4v) is 1.87. The molecule has 0 unspecified atom stereocenters. The molecule has 2 rings (SSSR count). The number of benzene rings is 1. The van der Waals surface area contributed by atoms with Gasteiger partial charge in [-0.25, -0.2) is 9.97 Å². The van der Waals surface area contributed by atoms with E-state index in [0.29, 0.717) is 11.5 Å². The lowest BCUT2D eigenvalue weighted by Crippen LogP contribution is -1.97. The summed E-state index contributed by atoms with van der Waals surface area (Å²) in [6, 6.07) is 7.34. The molecule has 0 radical (unpaired) electrons. The summed E-state index contributed by atoms with van der Waals surface area (Å²) in [4.78, 5) is 8.20. The van der Waals surface area contributed by atoms with Crippen LogP contribution in [0.3, 0.4) is 0 Å². The van der Waals surface area contributed by atoms with E-state index < -0.39 is 0 Å². The summed E-state index contributed by atoms with van der Waals surface area (Å²) in [7, 11) is 0. The van der Waals surface area contributed by atoms with Crippen LogP contribution in [0.4, 0.5) is 11.6 Å². The molecule has 4 nitrogen and oxygen atoms in total. The molecule has 1 heterocycles. The molecule has 0 saturated heterocycles. The Bertz CT molecular complexity index is 575. The lowest BCUT2D eigenvalue weighted by Gasteiger charge is -2.06. The summed E-state index contributed by atoms with van der Waals surface area (Å²) >= 11 is 6.65. The predicted molar refractivity (Wildman–Crippen MR) is 71.9 cm³/mol. The first-order chi connectivity index (χ1) is 8.19. The van der Waals surface area contributed by atoms with Gasteiger partial charge in [0.05, 0.1) is 21.8 Å². The van der Waals surface area contributed by atoms with E-state index in [9.17, 15) is 0 Å². The molecule has 1 N–H and O–H groups in total. The highest BCUT2D eigenvalue weighted by molar-refractivity contribution is 9.10. The highest BCUT2D eigenvalue weighted by Crippen LogP contribution is 2.25. The Kier molecular flexibility index (Phi) is 3.71. The van der Waals surface area contributed by atoms with Crippen molar-refractivity contribution in [1.29, 1.82) is 5.26 Å². The molecular formula is C11H6Br2N4. The zero-order valence-corrected chi connectivity index (χ0v) is 11.7. The largest absolute Gasteiger partial charge is 0.323 e. The molecule has 0 aliphatic carbocycles. The van der Waals surface area contributed by atoms with Crippen molar-refractivity contribution >= 4 is 43.5 Å². The first-order valence-electron chi connectivity index (χ1n) is 4.63. The Labute approximate surface area is 115 Å². The highest BCUT2D eigenvalue weighted by Gasteiger charge is 2.03. The van der Waals surface area contributed by atoms with E-state index in [1.165, 1.54) is 0 Å². The number of hydrogen-bond donors (Lipinski definition) is 1. The van der Waals surface area contributed by atoms with E-state index in [1.807, 2.05) is 0 Å². The van der Waals surface area contributed by atoms with Crippen molar-refractivity contribution in [2.75, 3.05) is 5.32 Å². The van der Waals surface area contributed by atoms with Crippen LogP contribution in [0.15, 0.2) is 39.5 Å². The van der Waals surface area contributed by atoms with Gasteiger partial charge in [-0.2, -0.15) is 5.26 Å². The summed E-state index contributed by atoms with van der Waals surface area (Å²) in [6.45, 7) is 0. The van der Waals surface area contributed by atoms with E-state index in [4.69, 9.17) is 5.26 Å². The second kappa shape index (κ2) is 5.25. The normalized spacial score (nSPS) is 9.71. The predicted octanol–water partition coefficient (Wildman–Crippen LogP) is 3.62. The summed E-state index contributed by atoms with van der Waals surface area (Å²) in [6.07, 6.45) is 3.32.